The molecule has 0 aliphatic carbocycles. The summed E-state index contributed by atoms with van der Waals surface area (Å²) in [5, 5.41) is 11.0. The molecule has 3 rings (SSSR count). The van der Waals surface area contributed by atoms with E-state index in [1.807, 2.05) is 0 Å². The molecule has 0 bridgehead atoms. The number of carbonyl (C=O) groups is 3. The van der Waals surface area contributed by atoms with Crippen LogP contribution in [0.25, 0.3) is 0 Å². The van der Waals surface area contributed by atoms with Crippen molar-refractivity contribution in [3.63, 3.8) is 0 Å². The van der Waals surface area contributed by atoms with E-state index in [0.717, 1.165) is 16.4 Å². The van der Waals surface area contributed by atoms with Crippen LogP contribution in [0, 0.1) is 0 Å². The molecule has 0 aliphatic rings. The lowest BCUT2D eigenvalue weighted by Crippen LogP contribution is -2.30. The third kappa shape index (κ3) is 13.9. The van der Waals surface area contributed by atoms with Gasteiger partial charge in [0.25, 0.3) is 0 Å². The number of urea groups is 3. The van der Waals surface area contributed by atoms with Gasteiger partial charge in [0.05, 0.1) is 7.11 Å². The summed E-state index contributed by atoms with van der Waals surface area (Å²) in [5.74, 6) is 0. The second-order valence-electron chi connectivity index (χ2n) is 8.28. The first-order valence-electron chi connectivity index (χ1n) is 11.6. The predicted molar refractivity (Wildman–Crippen MR) is 164 cm³/mol. The summed E-state index contributed by atoms with van der Waals surface area (Å²) in [5.41, 5.74) is 2.15. The van der Waals surface area contributed by atoms with Crippen molar-refractivity contribution < 1.29 is 19.2 Å². The van der Waals surface area contributed by atoms with Crippen molar-refractivity contribution in [1.29, 1.82) is 0 Å². The largest absolute Gasteiger partial charge is 0.345 e. The Hall–Kier alpha value is -3.70. The number of benzene rings is 3. The summed E-state index contributed by atoms with van der Waals surface area (Å²) < 4.78 is 0. The molecule has 0 unspecified atom stereocenters. The van der Waals surface area contributed by atoms with Crippen LogP contribution in [0.5, 0.6) is 0 Å². The maximum absolute atomic E-state index is 11.3. The van der Waals surface area contributed by atoms with E-state index in [4.69, 9.17) is 39.6 Å². The first-order valence-corrected chi connectivity index (χ1v) is 12.8. The van der Waals surface area contributed by atoms with Gasteiger partial charge >= 0.3 is 18.1 Å². The normalized spacial score (nSPS) is 9.53. The summed E-state index contributed by atoms with van der Waals surface area (Å²) in [6, 6.07) is 20.1. The van der Waals surface area contributed by atoms with Gasteiger partial charge in [-0.15, -0.1) is 0 Å². The van der Waals surface area contributed by atoms with E-state index >= 15 is 0 Å². The van der Waals surface area contributed by atoms with Gasteiger partial charge in [-0.3, -0.25) is 4.84 Å². The lowest BCUT2D eigenvalue weighted by atomic mass is 10.3. The fraction of sp³-hybridized carbons (Fsp3) is 0.222. The van der Waals surface area contributed by atoms with Crippen LogP contribution >= 0.6 is 34.8 Å². The standard InChI is InChI=1S/C9H11ClN2O2.2C9H11ClN2O/c1-12(14-2)9(13)11-8-5-3-7(10)4-6-8;2*1-12(2)9(13)11-8-5-3-7(10)4-6-8/h3-6H,1-2H3,(H,11,13);2*3-6H,1-2H3,(H,11,13). The van der Waals surface area contributed by atoms with Gasteiger partial charge in [0.15, 0.2) is 0 Å². The van der Waals surface area contributed by atoms with E-state index in [1.165, 1.54) is 24.0 Å². The summed E-state index contributed by atoms with van der Waals surface area (Å²) >= 11 is 17.1. The van der Waals surface area contributed by atoms with E-state index in [-0.39, 0.29) is 18.1 Å². The van der Waals surface area contributed by atoms with Crippen LogP contribution < -0.4 is 16.0 Å². The Morgan fingerprint density at radius 3 is 1.00 bits per heavy atom. The minimum atomic E-state index is -0.338. The Labute approximate surface area is 249 Å². The van der Waals surface area contributed by atoms with Gasteiger partial charge < -0.3 is 25.8 Å². The molecule has 0 spiro atoms. The van der Waals surface area contributed by atoms with Gasteiger partial charge in [0, 0.05) is 67.4 Å². The minimum Gasteiger partial charge on any atom is -0.331 e. The Morgan fingerprint density at radius 1 is 0.525 bits per heavy atom. The Morgan fingerprint density at radius 2 is 0.775 bits per heavy atom. The number of rotatable bonds is 4. The molecular formula is C27H33Cl3N6O4. The highest BCUT2D eigenvalue weighted by Crippen LogP contribution is 2.15. The maximum atomic E-state index is 11.3. The highest BCUT2D eigenvalue weighted by atomic mass is 35.5. The lowest BCUT2D eigenvalue weighted by Gasteiger charge is -2.14. The van der Waals surface area contributed by atoms with E-state index < -0.39 is 0 Å². The molecule has 0 aliphatic heterocycles. The third-order valence-electron chi connectivity index (χ3n) is 4.66. The van der Waals surface area contributed by atoms with Crippen LogP contribution in [0.1, 0.15) is 0 Å². The number of hydrogen-bond donors (Lipinski definition) is 3. The molecule has 0 radical (unpaired) electrons. The predicted octanol–water partition coefficient (Wildman–Crippen LogP) is 7.23. The first kappa shape index (κ1) is 34.3. The molecule has 0 saturated heterocycles. The van der Waals surface area contributed by atoms with Crippen molar-refractivity contribution in [3.05, 3.63) is 87.9 Å². The van der Waals surface area contributed by atoms with Crippen molar-refractivity contribution in [2.45, 2.75) is 0 Å². The van der Waals surface area contributed by atoms with Gasteiger partial charge in [-0.05, 0) is 72.8 Å². The number of hydrogen-bond acceptors (Lipinski definition) is 4. The maximum Gasteiger partial charge on any atom is 0.345 e. The molecule has 0 fully saturated rings. The van der Waals surface area contributed by atoms with Gasteiger partial charge in [-0.1, -0.05) is 34.8 Å². The van der Waals surface area contributed by atoms with E-state index in [9.17, 15) is 14.4 Å². The molecule has 10 nitrogen and oxygen atoms in total. The van der Waals surface area contributed by atoms with Crippen molar-refractivity contribution in [1.82, 2.24) is 14.9 Å². The molecule has 3 aromatic rings. The summed E-state index contributed by atoms with van der Waals surface area (Å²) in [4.78, 5) is 41.3. The van der Waals surface area contributed by atoms with Crippen LogP contribution in [-0.4, -0.2) is 75.3 Å². The molecule has 0 heterocycles. The third-order valence-corrected chi connectivity index (χ3v) is 5.41. The Balaban J connectivity index is 0.000000300. The number of hydroxylamine groups is 2. The number of nitrogens with zero attached hydrogens (tertiary/aromatic N) is 3. The summed E-state index contributed by atoms with van der Waals surface area (Å²) in [6.45, 7) is 0. The fourth-order valence-corrected chi connectivity index (χ4v) is 2.73. The molecule has 216 valence electrons. The topological polar surface area (TPSA) is 106 Å². The van der Waals surface area contributed by atoms with Gasteiger partial charge in [-0.25, -0.2) is 19.4 Å². The van der Waals surface area contributed by atoms with Crippen molar-refractivity contribution >= 4 is 70.0 Å². The van der Waals surface area contributed by atoms with Crippen LogP contribution in [-0.2, 0) is 4.84 Å². The number of nitrogens with one attached hydrogen (secondary N) is 3. The molecule has 3 N–H and O–H groups in total. The second kappa shape index (κ2) is 17.8. The number of anilines is 3. The smallest absolute Gasteiger partial charge is 0.331 e. The molecule has 13 heteroatoms. The van der Waals surface area contributed by atoms with Gasteiger partial charge in [0.2, 0.25) is 0 Å². The van der Waals surface area contributed by atoms with Crippen molar-refractivity contribution in [2.75, 3.05) is 58.3 Å². The first-order chi connectivity index (χ1) is 18.8. The number of carbonyl (C=O) groups excluding carboxylic acids is 3. The van der Waals surface area contributed by atoms with Crippen LogP contribution in [0.2, 0.25) is 15.1 Å². The zero-order valence-electron chi connectivity index (χ0n) is 23.0. The van der Waals surface area contributed by atoms with Crippen LogP contribution in [0.4, 0.5) is 31.4 Å². The van der Waals surface area contributed by atoms with Gasteiger partial charge in [0.1, 0.15) is 0 Å². The zero-order chi connectivity index (χ0) is 30.2. The molecule has 0 saturated carbocycles. The monoisotopic (exact) mass is 610 g/mol. The molecule has 3 aromatic carbocycles. The number of amides is 6. The molecular weight excluding hydrogens is 579 g/mol. The quantitative estimate of drug-likeness (QED) is 0.271. The lowest BCUT2D eigenvalue weighted by molar-refractivity contribution is -0.0598. The van der Waals surface area contributed by atoms with Crippen molar-refractivity contribution in [3.8, 4) is 0 Å². The SMILES string of the molecule is CN(C)C(=O)Nc1ccc(Cl)cc1.CN(C)C(=O)Nc1ccc(Cl)cc1.CON(C)C(=O)Nc1ccc(Cl)cc1. The fourth-order valence-electron chi connectivity index (χ4n) is 2.36. The summed E-state index contributed by atoms with van der Waals surface area (Å²) in [6.07, 6.45) is 0. The number of halogens is 3. The Kier molecular flexibility index (Phi) is 15.3. The molecule has 40 heavy (non-hydrogen) atoms. The highest BCUT2D eigenvalue weighted by molar-refractivity contribution is 6.31. The average Bonchev–Trinajstić information content (AvgIpc) is 2.92. The van der Waals surface area contributed by atoms with Crippen molar-refractivity contribution in [2.24, 2.45) is 0 Å². The Bertz CT molecular complexity index is 1140. The molecule has 0 aromatic heterocycles. The van der Waals surface area contributed by atoms with E-state index in [1.54, 1.807) is 101 Å². The molecule has 6 amide bonds. The second-order valence-corrected chi connectivity index (χ2v) is 9.59. The zero-order valence-corrected chi connectivity index (χ0v) is 25.3. The molecule has 0 atom stereocenters. The minimum absolute atomic E-state index is 0.151. The van der Waals surface area contributed by atoms with Crippen LogP contribution in [0.15, 0.2) is 72.8 Å². The highest BCUT2D eigenvalue weighted by Gasteiger charge is 2.07. The summed E-state index contributed by atoms with van der Waals surface area (Å²) in [7, 11) is 9.68. The van der Waals surface area contributed by atoms with E-state index in [0.29, 0.717) is 20.8 Å². The van der Waals surface area contributed by atoms with Gasteiger partial charge in [-0.2, -0.15) is 0 Å². The van der Waals surface area contributed by atoms with Crippen LogP contribution in [0.3, 0.4) is 0 Å². The average molecular weight is 612 g/mol. The van der Waals surface area contributed by atoms with E-state index in [2.05, 4.69) is 16.0 Å².